The Morgan fingerprint density at radius 1 is 1.25 bits per heavy atom. The molecule has 3 N–H and O–H groups in total. The van der Waals surface area contributed by atoms with Crippen LogP contribution in [0.15, 0.2) is 18.2 Å². The fraction of sp³-hybridized carbons (Fsp3) is 0.316. The number of fused-ring (bicyclic) bond motifs is 2. The Hall–Kier alpha value is -3.07. The summed E-state index contributed by atoms with van der Waals surface area (Å²) in [7, 11) is 0. The van der Waals surface area contributed by atoms with Gasteiger partial charge < -0.3 is 25.4 Å². The van der Waals surface area contributed by atoms with E-state index in [0.717, 1.165) is 16.0 Å². The quantitative estimate of drug-likeness (QED) is 0.809. The summed E-state index contributed by atoms with van der Waals surface area (Å²) >= 11 is 1.30. The Kier molecular flexibility index (Phi) is 4.68. The van der Waals surface area contributed by atoms with E-state index in [0.29, 0.717) is 41.6 Å². The smallest absolute Gasteiger partial charge is 0.251 e. The molecule has 146 valence electrons. The highest BCUT2D eigenvalue weighted by molar-refractivity contribution is 7.17. The molecule has 0 saturated heterocycles. The minimum atomic E-state index is -0.577. The zero-order chi connectivity index (χ0) is 19.8. The number of nitrogens with two attached hydrogens (primary N) is 1. The fourth-order valence-electron chi connectivity index (χ4n) is 3.43. The van der Waals surface area contributed by atoms with Gasteiger partial charge in [-0.15, -0.1) is 11.3 Å². The maximum atomic E-state index is 12.5. The van der Waals surface area contributed by atoms with Crippen molar-refractivity contribution >= 4 is 34.1 Å². The van der Waals surface area contributed by atoms with Crippen LogP contribution < -0.4 is 20.5 Å². The lowest BCUT2D eigenvalue weighted by Gasteiger charge is -2.25. The summed E-state index contributed by atoms with van der Waals surface area (Å²) in [4.78, 5) is 38.8. The van der Waals surface area contributed by atoms with Crippen LogP contribution in [0.3, 0.4) is 0 Å². The highest BCUT2D eigenvalue weighted by Crippen LogP contribution is 2.37. The first kappa shape index (κ1) is 18.3. The third kappa shape index (κ3) is 3.40. The standard InChI is InChI=1S/C19H19N3O5S/c1-10(23)22-5-4-12-15(8-22)28-19(17(12)18(20)25)21-16(24)7-11-2-3-13-14(6-11)27-9-26-13/h2-3,6H,4-5,7-9H2,1H3,(H2,20,25)(H,21,24). The van der Waals surface area contributed by atoms with E-state index >= 15 is 0 Å². The molecule has 0 unspecified atom stereocenters. The van der Waals surface area contributed by atoms with E-state index in [1.54, 1.807) is 23.1 Å². The second-order valence-corrected chi connectivity index (χ2v) is 7.78. The summed E-state index contributed by atoms with van der Waals surface area (Å²) in [6.45, 7) is 2.64. The van der Waals surface area contributed by atoms with Gasteiger partial charge in [-0.25, -0.2) is 0 Å². The number of hydrogen-bond acceptors (Lipinski definition) is 6. The zero-order valence-corrected chi connectivity index (χ0v) is 16.1. The Balaban J connectivity index is 1.53. The molecule has 0 fully saturated rings. The van der Waals surface area contributed by atoms with E-state index < -0.39 is 5.91 Å². The number of hydrogen-bond donors (Lipinski definition) is 2. The molecule has 0 radical (unpaired) electrons. The van der Waals surface area contributed by atoms with Crippen LogP contribution in [0, 0.1) is 0 Å². The molecule has 28 heavy (non-hydrogen) atoms. The van der Waals surface area contributed by atoms with Gasteiger partial charge in [-0.3, -0.25) is 14.4 Å². The van der Waals surface area contributed by atoms with E-state index in [1.165, 1.54) is 18.3 Å². The van der Waals surface area contributed by atoms with E-state index in [9.17, 15) is 14.4 Å². The van der Waals surface area contributed by atoms with Crippen molar-refractivity contribution in [1.29, 1.82) is 0 Å². The van der Waals surface area contributed by atoms with Crippen molar-refractivity contribution in [3.63, 3.8) is 0 Å². The third-order valence-electron chi connectivity index (χ3n) is 4.80. The van der Waals surface area contributed by atoms with E-state index in [2.05, 4.69) is 5.32 Å². The third-order valence-corrected chi connectivity index (χ3v) is 5.94. The Bertz CT molecular complexity index is 984. The number of thiophene rings is 1. The SMILES string of the molecule is CC(=O)N1CCc2c(sc(NC(=O)Cc3ccc4c(c3)OCO4)c2C(N)=O)C1. The van der Waals surface area contributed by atoms with Crippen LogP contribution in [0.25, 0.3) is 0 Å². The Morgan fingerprint density at radius 3 is 2.79 bits per heavy atom. The van der Waals surface area contributed by atoms with Crippen LogP contribution >= 0.6 is 11.3 Å². The van der Waals surface area contributed by atoms with E-state index in [4.69, 9.17) is 15.2 Å². The lowest BCUT2D eigenvalue weighted by Crippen LogP contribution is -2.34. The molecule has 0 saturated carbocycles. The molecule has 2 aliphatic heterocycles. The Labute approximate surface area is 165 Å². The van der Waals surface area contributed by atoms with Crippen molar-refractivity contribution in [1.82, 2.24) is 4.90 Å². The van der Waals surface area contributed by atoms with Gasteiger partial charge in [-0.05, 0) is 29.7 Å². The van der Waals surface area contributed by atoms with Gasteiger partial charge in [-0.1, -0.05) is 6.07 Å². The molecule has 0 bridgehead atoms. The van der Waals surface area contributed by atoms with Crippen molar-refractivity contribution < 1.29 is 23.9 Å². The predicted molar refractivity (Wildman–Crippen MR) is 103 cm³/mol. The summed E-state index contributed by atoms with van der Waals surface area (Å²) in [5.74, 6) is 0.406. The fourth-order valence-corrected chi connectivity index (χ4v) is 4.71. The molecule has 0 aliphatic carbocycles. The second kappa shape index (κ2) is 7.16. The van der Waals surface area contributed by atoms with Crippen molar-refractivity contribution in [2.24, 2.45) is 5.73 Å². The van der Waals surface area contributed by atoms with Gasteiger partial charge in [0.2, 0.25) is 18.6 Å². The first-order valence-corrected chi connectivity index (χ1v) is 9.62. The van der Waals surface area contributed by atoms with Crippen LogP contribution in [0.1, 0.15) is 33.3 Å². The van der Waals surface area contributed by atoms with Gasteiger partial charge in [0.05, 0.1) is 18.5 Å². The average molecular weight is 401 g/mol. The molecule has 1 aromatic carbocycles. The lowest BCUT2D eigenvalue weighted by atomic mass is 10.0. The largest absolute Gasteiger partial charge is 0.454 e. The number of benzene rings is 1. The van der Waals surface area contributed by atoms with Crippen LogP contribution in [-0.4, -0.2) is 36.0 Å². The summed E-state index contributed by atoms with van der Waals surface area (Å²) < 4.78 is 10.6. The van der Waals surface area contributed by atoms with E-state index in [1.807, 2.05) is 0 Å². The first-order chi connectivity index (χ1) is 13.4. The topological polar surface area (TPSA) is 111 Å². The predicted octanol–water partition coefficient (Wildman–Crippen LogP) is 1.66. The molecule has 1 aromatic heterocycles. The highest BCUT2D eigenvalue weighted by Gasteiger charge is 2.28. The number of anilines is 1. The van der Waals surface area contributed by atoms with Crippen LogP contribution in [0.2, 0.25) is 0 Å². The molecule has 8 nitrogen and oxygen atoms in total. The van der Waals surface area contributed by atoms with Crippen molar-refractivity contribution in [3.05, 3.63) is 39.8 Å². The number of primary amides is 1. The van der Waals surface area contributed by atoms with Crippen LogP contribution in [0.5, 0.6) is 11.5 Å². The lowest BCUT2D eigenvalue weighted by molar-refractivity contribution is -0.129. The summed E-state index contributed by atoms with van der Waals surface area (Å²) in [5.41, 5.74) is 7.52. The minimum absolute atomic E-state index is 0.0203. The molecule has 0 atom stereocenters. The van der Waals surface area contributed by atoms with Crippen molar-refractivity contribution in [2.45, 2.75) is 26.3 Å². The van der Waals surface area contributed by atoms with Gasteiger partial charge in [-0.2, -0.15) is 0 Å². The minimum Gasteiger partial charge on any atom is -0.454 e. The van der Waals surface area contributed by atoms with Crippen LogP contribution in [-0.2, 0) is 29.0 Å². The summed E-state index contributed by atoms with van der Waals surface area (Å²) in [6.07, 6.45) is 0.665. The number of nitrogens with one attached hydrogen (secondary N) is 1. The first-order valence-electron chi connectivity index (χ1n) is 8.80. The molecule has 3 heterocycles. The molecule has 3 amide bonds. The number of rotatable bonds is 4. The van der Waals surface area contributed by atoms with Gasteiger partial charge in [0.25, 0.3) is 5.91 Å². The highest BCUT2D eigenvalue weighted by atomic mass is 32.1. The molecule has 2 aliphatic rings. The summed E-state index contributed by atoms with van der Waals surface area (Å²) in [5, 5.41) is 3.25. The summed E-state index contributed by atoms with van der Waals surface area (Å²) in [6, 6.07) is 5.33. The van der Waals surface area contributed by atoms with Gasteiger partial charge in [0, 0.05) is 18.3 Å². The molecular weight excluding hydrogens is 382 g/mol. The maximum Gasteiger partial charge on any atom is 0.251 e. The van der Waals surface area contributed by atoms with E-state index in [-0.39, 0.29) is 25.0 Å². The number of nitrogens with zero attached hydrogens (tertiary/aromatic N) is 1. The molecule has 4 rings (SSSR count). The molecular formula is C19H19N3O5S. The number of ether oxygens (including phenoxy) is 2. The molecule has 0 spiro atoms. The number of carbonyl (C=O) groups excluding carboxylic acids is 3. The molecule has 2 aromatic rings. The zero-order valence-electron chi connectivity index (χ0n) is 15.2. The maximum absolute atomic E-state index is 12.5. The number of amides is 3. The van der Waals surface area contributed by atoms with Crippen molar-refractivity contribution in [2.75, 3.05) is 18.7 Å². The van der Waals surface area contributed by atoms with Gasteiger partial charge in [0.1, 0.15) is 5.00 Å². The monoisotopic (exact) mass is 401 g/mol. The molecule has 9 heteroatoms. The average Bonchev–Trinajstić information content (AvgIpc) is 3.23. The van der Waals surface area contributed by atoms with Crippen molar-refractivity contribution in [3.8, 4) is 11.5 Å². The normalized spacial score (nSPS) is 14.5. The van der Waals surface area contributed by atoms with Gasteiger partial charge >= 0.3 is 0 Å². The van der Waals surface area contributed by atoms with Crippen LogP contribution in [0.4, 0.5) is 5.00 Å². The second-order valence-electron chi connectivity index (χ2n) is 6.68. The number of carbonyl (C=O) groups is 3. The van der Waals surface area contributed by atoms with Gasteiger partial charge in [0.15, 0.2) is 11.5 Å². The Morgan fingerprint density at radius 2 is 2.04 bits per heavy atom.